The molecule has 0 aromatic heterocycles. The number of carboxylic acids is 1. The second-order valence-electron chi connectivity index (χ2n) is 4.47. The van der Waals surface area contributed by atoms with Gasteiger partial charge in [0, 0.05) is 27.0 Å². The van der Waals surface area contributed by atoms with Crippen molar-refractivity contribution in [3.05, 3.63) is 29.8 Å². The number of amides is 2. The molecular formula is C14H18N2O5. The number of rotatable bonds is 6. The van der Waals surface area contributed by atoms with Crippen LogP contribution in [0.3, 0.4) is 0 Å². The van der Waals surface area contributed by atoms with Crippen molar-refractivity contribution < 1.29 is 24.6 Å². The molecule has 1 rings (SSSR count). The van der Waals surface area contributed by atoms with Crippen LogP contribution in [0.4, 0.5) is 5.69 Å². The molecule has 1 aromatic carbocycles. The highest BCUT2D eigenvalue weighted by Crippen LogP contribution is 2.19. The fourth-order valence-electron chi connectivity index (χ4n) is 1.75. The second-order valence-corrected chi connectivity index (χ2v) is 4.47. The van der Waals surface area contributed by atoms with Gasteiger partial charge in [-0.3, -0.25) is 9.59 Å². The van der Waals surface area contributed by atoms with E-state index in [0.717, 1.165) is 0 Å². The number of hydrogen-bond acceptors (Lipinski definition) is 4. The molecule has 0 saturated carbocycles. The van der Waals surface area contributed by atoms with Crippen LogP contribution in [0, 0.1) is 0 Å². The van der Waals surface area contributed by atoms with Crippen molar-refractivity contribution in [2.45, 2.75) is 19.4 Å². The average molecular weight is 294 g/mol. The molecule has 1 aromatic rings. The molecule has 0 aliphatic carbocycles. The highest BCUT2D eigenvalue weighted by Gasteiger charge is 2.22. The van der Waals surface area contributed by atoms with E-state index in [1.165, 1.54) is 24.9 Å². The number of carboxylic acid groups (broad SMARTS) is 1. The van der Waals surface area contributed by atoms with E-state index in [1.54, 1.807) is 18.2 Å². The quantitative estimate of drug-likeness (QED) is 0.696. The highest BCUT2D eigenvalue weighted by molar-refractivity contribution is 6.05. The molecule has 0 saturated heterocycles. The highest BCUT2D eigenvalue weighted by atomic mass is 16.4. The van der Waals surface area contributed by atoms with E-state index in [1.807, 2.05) is 0 Å². The van der Waals surface area contributed by atoms with Crippen LogP contribution in [0.15, 0.2) is 24.3 Å². The third-order valence-corrected chi connectivity index (χ3v) is 3.00. The summed E-state index contributed by atoms with van der Waals surface area (Å²) >= 11 is 0. The number of nitrogens with zero attached hydrogens (tertiary/aromatic N) is 1. The molecule has 0 radical (unpaired) electrons. The Balaban J connectivity index is 3.02. The number of aliphatic hydroxyl groups excluding tert-OH is 1. The van der Waals surface area contributed by atoms with Crippen LogP contribution >= 0.6 is 0 Å². The zero-order chi connectivity index (χ0) is 16.0. The summed E-state index contributed by atoms with van der Waals surface area (Å²) in [6.07, 6.45) is -0.0915. The van der Waals surface area contributed by atoms with E-state index < -0.39 is 17.9 Å². The van der Waals surface area contributed by atoms with Gasteiger partial charge in [0.2, 0.25) is 5.91 Å². The Labute approximate surface area is 122 Å². The van der Waals surface area contributed by atoms with E-state index >= 15 is 0 Å². The van der Waals surface area contributed by atoms with Crippen LogP contribution in [-0.2, 0) is 9.59 Å². The van der Waals surface area contributed by atoms with Crippen molar-refractivity contribution in [3.8, 4) is 0 Å². The average Bonchev–Trinajstić information content (AvgIpc) is 2.45. The third kappa shape index (κ3) is 4.28. The monoisotopic (exact) mass is 294 g/mol. The van der Waals surface area contributed by atoms with Crippen molar-refractivity contribution in [1.82, 2.24) is 5.32 Å². The topological polar surface area (TPSA) is 107 Å². The number of carbonyl (C=O) groups is 3. The summed E-state index contributed by atoms with van der Waals surface area (Å²) in [5, 5.41) is 20.1. The van der Waals surface area contributed by atoms with Gasteiger partial charge in [0.1, 0.15) is 6.04 Å². The van der Waals surface area contributed by atoms with Crippen molar-refractivity contribution in [1.29, 1.82) is 0 Å². The first-order chi connectivity index (χ1) is 9.88. The first-order valence-electron chi connectivity index (χ1n) is 6.36. The third-order valence-electron chi connectivity index (χ3n) is 3.00. The van der Waals surface area contributed by atoms with Gasteiger partial charge >= 0.3 is 5.97 Å². The van der Waals surface area contributed by atoms with Crippen molar-refractivity contribution >= 4 is 23.5 Å². The minimum atomic E-state index is -1.23. The van der Waals surface area contributed by atoms with Crippen molar-refractivity contribution in [3.63, 3.8) is 0 Å². The molecule has 0 bridgehead atoms. The Morgan fingerprint density at radius 3 is 2.43 bits per heavy atom. The SMILES string of the molecule is CC(=O)N(C)c1ccccc1C(=O)N[C@@H](CCO)C(=O)O. The Bertz CT molecular complexity index is 544. The van der Waals surface area contributed by atoms with E-state index in [4.69, 9.17) is 10.2 Å². The van der Waals surface area contributed by atoms with Crippen LogP contribution in [0.1, 0.15) is 23.7 Å². The fourth-order valence-corrected chi connectivity index (χ4v) is 1.75. The summed E-state index contributed by atoms with van der Waals surface area (Å²) in [5.74, 6) is -2.09. The molecule has 7 heteroatoms. The number of aliphatic hydroxyl groups is 1. The Morgan fingerprint density at radius 1 is 1.29 bits per heavy atom. The predicted octanol–water partition coefficient (Wildman–Crippen LogP) is 0.235. The number of aliphatic carboxylic acids is 1. The maximum Gasteiger partial charge on any atom is 0.326 e. The van der Waals surface area contributed by atoms with Gasteiger partial charge in [0.15, 0.2) is 0 Å². The van der Waals surface area contributed by atoms with Gasteiger partial charge in [-0.2, -0.15) is 0 Å². The molecule has 0 aliphatic rings. The molecule has 0 aliphatic heterocycles. The van der Waals surface area contributed by atoms with Gasteiger partial charge in [-0.05, 0) is 12.1 Å². The number of benzene rings is 1. The van der Waals surface area contributed by atoms with E-state index in [2.05, 4.69) is 5.32 Å². The molecule has 114 valence electrons. The molecule has 0 heterocycles. The zero-order valence-electron chi connectivity index (χ0n) is 11.9. The second kappa shape index (κ2) is 7.39. The lowest BCUT2D eigenvalue weighted by atomic mass is 10.1. The Hall–Kier alpha value is -2.41. The molecule has 1 atom stereocenters. The summed E-state index contributed by atoms with van der Waals surface area (Å²) in [6, 6.07) is 5.21. The van der Waals surface area contributed by atoms with Crippen LogP contribution in [0.25, 0.3) is 0 Å². The van der Waals surface area contributed by atoms with Gasteiger partial charge in [0.05, 0.1) is 11.3 Å². The normalized spacial score (nSPS) is 11.6. The molecule has 0 unspecified atom stereocenters. The van der Waals surface area contributed by atoms with Crippen molar-refractivity contribution in [2.75, 3.05) is 18.6 Å². The summed E-state index contributed by atoms with van der Waals surface area (Å²) in [7, 11) is 1.52. The number of carbonyl (C=O) groups excluding carboxylic acids is 2. The maximum absolute atomic E-state index is 12.2. The number of hydrogen-bond donors (Lipinski definition) is 3. The fraction of sp³-hybridized carbons (Fsp3) is 0.357. The van der Waals surface area contributed by atoms with Gasteiger partial charge in [-0.15, -0.1) is 0 Å². The van der Waals surface area contributed by atoms with E-state index in [-0.39, 0.29) is 24.5 Å². The van der Waals surface area contributed by atoms with Crippen LogP contribution in [0.2, 0.25) is 0 Å². The largest absolute Gasteiger partial charge is 0.480 e. The zero-order valence-corrected chi connectivity index (χ0v) is 11.9. The first-order valence-corrected chi connectivity index (χ1v) is 6.36. The lowest BCUT2D eigenvalue weighted by Crippen LogP contribution is -2.42. The maximum atomic E-state index is 12.2. The Kier molecular flexibility index (Phi) is 5.86. The van der Waals surface area contributed by atoms with Gasteiger partial charge in [0.25, 0.3) is 5.91 Å². The van der Waals surface area contributed by atoms with Gasteiger partial charge < -0.3 is 20.4 Å². The van der Waals surface area contributed by atoms with Gasteiger partial charge in [-0.25, -0.2) is 4.79 Å². The summed E-state index contributed by atoms with van der Waals surface area (Å²) in [5.41, 5.74) is 0.579. The minimum Gasteiger partial charge on any atom is -0.480 e. The minimum absolute atomic E-state index is 0.0915. The molecule has 21 heavy (non-hydrogen) atoms. The summed E-state index contributed by atoms with van der Waals surface area (Å²) in [6.45, 7) is 1.01. The van der Waals surface area contributed by atoms with Crippen LogP contribution in [0.5, 0.6) is 0 Å². The molecule has 0 fully saturated rings. The first kappa shape index (κ1) is 16.6. The van der Waals surface area contributed by atoms with Crippen molar-refractivity contribution in [2.24, 2.45) is 0 Å². The molecule has 0 spiro atoms. The smallest absolute Gasteiger partial charge is 0.326 e. The lowest BCUT2D eigenvalue weighted by Gasteiger charge is -2.20. The van der Waals surface area contributed by atoms with E-state index in [9.17, 15) is 14.4 Å². The predicted molar refractivity (Wildman–Crippen MR) is 76.1 cm³/mol. The number of para-hydroxylation sites is 1. The Morgan fingerprint density at radius 2 is 1.90 bits per heavy atom. The van der Waals surface area contributed by atoms with Gasteiger partial charge in [-0.1, -0.05) is 12.1 Å². The standard InChI is InChI=1S/C14H18N2O5/c1-9(18)16(2)12-6-4-3-5-10(12)13(19)15-11(7-8-17)14(20)21/h3-6,11,17H,7-8H2,1-2H3,(H,15,19)(H,20,21)/t11-/m0/s1. The number of nitrogens with one attached hydrogen (secondary N) is 1. The van der Waals surface area contributed by atoms with E-state index in [0.29, 0.717) is 5.69 Å². The molecule has 7 nitrogen and oxygen atoms in total. The number of anilines is 1. The summed E-state index contributed by atoms with van der Waals surface area (Å²) < 4.78 is 0. The van der Waals surface area contributed by atoms with Crippen LogP contribution in [-0.4, -0.2) is 47.7 Å². The van der Waals surface area contributed by atoms with Crippen LogP contribution < -0.4 is 10.2 Å². The molecule has 3 N–H and O–H groups in total. The molecular weight excluding hydrogens is 276 g/mol. The molecule has 2 amide bonds. The summed E-state index contributed by atoms with van der Waals surface area (Å²) in [4.78, 5) is 35.9. The lowest BCUT2D eigenvalue weighted by molar-refractivity contribution is -0.139.